The molecule has 16 heavy (non-hydrogen) atoms. The predicted octanol–water partition coefficient (Wildman–Crippen LogP) is 2.36. The summed E-state index contributed by atoms with van der Waals surface area (Å²) in [5.74, 6) is -0.257. The lowest BCUT2D eigenvalue weighted by molar-refractivity contribution is 0.0526. The van der Waals surface area contributed by atoms with Gasteiger partial charge in [-0.2, -0.15) is 0 Å². The van der Waals surface area contributed by atoms with E-state index in [4.69, 9.17) is 10.5 Å². The van der Waals surface area contributed by atoms with Crippen molar-refractivity contribution in [2.75, 3.05) is 13.2 Å². The molecule has 0 unspecified atom stereocenters. The molecule has 0 atom stereocenters. The maximum absolute atomic E-state index is 11.5. The van der Waals surface area contributed by atoms with Crippen LogP contribution in [0.15, 0.2) is 18.2 Å². The van der Waals surface area contributed by atoms with Gasteiger partial charge in [0.25, 0.3) is 0 Å². The van der Waals surface area contributed by atoms with Crippen molar-refractivity contribution >= 4 is 28.6 Å². The largest absolute Gasteiger partial charge is 0.462 e. The molecule has 0 saturated heterocycles. The summed E-state index contributed by atoms with van der Waals surface area (Å²) in [5, 5.41) is 0. The first-order chi connectivity index (χ1) is 7.69. The van der Waals surface area contributed by atoms with Gasteiger partial charge in [-0.25, -0.2) is 4.79 Å². The van der Waals surface area contributed by atoms with Crippen LogP contribution in [0, 0.1) is 3.57 Å². The topological polar surface area (TPSA) is 52.3 Å². The summed E-state index contributed by atoms with van der Waals surface area (Å²) >= 11 is 2.27. The van der Waals surface area contributed by atoms with Crippen LogP contribution < -0.4 is 5.73 Å². The lowest BCUT2D eigenvalue weighted by Crippen LogP contribution is -2.07. The number of hydrogen-bond donors (Lipinski definition) is 1. The van der Waals surface area contributed by atoms with Crippen molar-refractivity contribution in [3.63, 3.8) is 0 Å². The van der Waals surface area contributed by atoms with E-state index in [2.05, 4.69) is 22.6 Å². The van der Waals surface area contributed by atoms with E-state index < -0.39 is 0 Å². The van der Waals surface area contributed by atoms with E-state index >= 15 is 0 Å². The number of ether oxygens (including phenoxy) is 1. The molecule has 0 amide bonds. The first-order valence-corrected chi connectivity index (χ1v) is 6.42. The van der Waals surface area contributed by atoms with Crippen molar-refractivity contribution < 1.29 is 9.53 Å². The van der Waals surface area contributed by atoms with Gasteiger partial charge in [-0.3, -0.25) is 0 Å². The van der Waals surface area contributed by atoms with Gasteiger partial charge in [-0.1, -0.05) is 0 Å². The van der Waals surface area contributed by atoms with Crippen LogP contribution in [0.2, 0.25) is 0 Å². The number of aryl methyl sites for hydroxylation is 1. The molecule has 1 aromatic rings. The molecule has 0 aliphatic carbocycles. The van der Waals surface area contributed by atoms with Crippen LogP contribution in [0.3, 0.4) is 0 Å². The van der Waals surface area contributed by atoms with Gasteiger partial charge < -0.3 is 10.5 Å². The zero-order valence-electron chi connectivity index (χ0n) is 9.33. The fraction of sp³-hybridized carbons (Fsp3) is 0.417. The maximum atomic E-state index is 11.5. The highest BCUT2D eigenvalue weighted by atomic mass is 127. The first kappa shape index (κ1) is 13.4. The lowest BCUT2D eigenvalue weighted by atomic mass is 10.1. The zero-order valence-corrected chi connectivity index (χ0v) is 11.5. The van der Waals surface area contributed by atoms with E-state index in [0.717, 1.165) is 18.4 Å². The number of rotatable bonds is 5. The third-order valence-electron chi connectivity index (χ3n) is 2.21. The Labute approximate surface area is 109 Å². The van der Waals surface area contributed by atoms with Crippen LogP contribution in [0.5, 0.6) is 0 Å². The van der Waals surface area contributed by atoms with Crippen LogP contribution in [0.25, 0.3) is 0 Å². The molecule has 1 aromatic carbocycles. The third-order valence-corrected chi connectivity index (χ3v) is 3.26. The molecule has 0 aromatic heterocycles. The minimum atomic E-state index is -0.257. The van der Waals surface area contributed by atoms with Gasteiger partial charge >= 0.3 is 5.97 Å². The normalized spacial score (nSPS) is 10.2. The molecular formula is C12H16INO2. The summed E-state index contributed by atoms with van der Waals surface area (Å²) in [6.07, 6.45) is 1.84. The van der Waals surface area contributed by atoms with E-state index in [0.29, 0.717) is 18.7 Å². The highest BCUT2D eigenvalue weighted by Crippen LogP contribution is 2.16. The van der Waals surface area contributed by atoms with Crippen molar-refractivity contribution in [3.8, 4) is 0 Å². The Morgan fingerprint density at radius 1 is 1.50 bits per heavy atom. The molecule has 1 rings (SSSR count). The Balaban J connectivity index is 2.84. The van der Waals surface area contributed by atoms with Gasteiger partial charge in [0, 0.05) is 3.57 Å². The smallest absolute Gasteiger partial charge is 0.338 e. The van der Waals surface area contributed by atoms with Crippen LogP contribution in [0.1, 0.15) is 29.3 Å². The molecule has 2 N–H and O–H groups in total. The van der Waals surface area contributed by atoms with Gasteiger partial charge in [-0.05, 0) is 72.7 Å². The second-order valence-corrected chi connectivity index (χ2v) is 4.58. The number of carbonyl (C=O) groups is 1. The quantitative estimate of drug-likeness (QED) is 0.665. The van der Waals surface area contributed by atoms with E-state index in [1.807, 2.05) is 12.1 Å². The molecule has 0 bridgehead atoms. The van der Waals surface area contributed by atoms with E-state index in [1.165, 1.54) is 3.57 Å². The van der Waals surface area contributed by atoms with Crippen molar-refractivity contribution in [2.45, 2.75) is 19.8 Å². The highest BCUT2D eigenvalue weighted by Gasteiger charge is 2.08. The average Bonchev–Trinajstić information content (AvgIpc) is 2.28. The Morgan fingerprint density at radius 2 is 2.25 bits per heavy atom. The molecule has 0 spiro atoms. The monoisotopic (exact) mass is 333 g/mol. The SMILES string of the molecule is CCOC(=O)c1ccc(I)c(CCCN)c1. The van der Waals surface area contributed by atoms with Crippen molar-refractivity contribution in [1.29, 1.82) is 0 Å². The zero-order chi connectivity index (χ0) is 12.0. The minimum Gasteiger partial charge on any atom is -0.462 e. The van der Waals surface area contributed by atoms with E-state index in [-0.39, 0.29) is 5.97 Å². The number of esters is 1. The summed E-state index contributed by atoms with van der Waals surface area (Å²) in [6, 6.07) is 5.64. The second-order valence-electron chi connectivity index (χ2n) is 3.42. The number of halogens is 1. The number of hydrogen-bond acceptors (Lipinski definition) is 3. The second kappa shape index (κ2) is 6.85. The highest BCUT2D eigenvalue weighted by molar-refractivity contribution is 14.1. The van der Waals surface area contributed by atoms with Crippen molar-refractivity contribution in [1.82, 2.24) is 0 Å². The minimum absolute atomic E-state index is 0.257. The van der Waals surface area contributed by atoms with E-state index in [1.54, 1.807) is 13.0 Å². The summed E-state index contributed by atoms with van der Waals surface area (Å²) < 4.78 is 6.13. The summed E-state index contributed by atoms with van der Waals surface area (Å²) in [6.45, 7) is 2.88. The van der Waals surface area contributed by atoms with Gasteiger partial charge in [0.05, 0.1) is 12.2 Å². The molecular weight excluding hydrogens is 317 g/mol. The number of nitrogens with two attached hydrogens (primary N) is 1. The fourth-order valence-electron chi connectivity index (χ4n) is 1.40. The van der Waals surface area contributed by atoms with Gasteiger partial charge in [0.1, 0.15) is 0 Å². The number of carbonyl (C=O) groups excluding carboxylic acids is 1. The van der Waals surface area contributed by atoms with Crippen LogP contribution >= 0.6 is 22.6 Å². The average molecular weight is 333 g/mol. The standard InChI is InChI=1S/C12H16INO2/c1-2-16-12(15)10-5-6-11(13)9(8-10)4-3-7-14/h5-6,8H,2-4,7,14H2,1H3. The summed E-state index contributed by atoms with van der Waals surface area (Å²) in [5.41, 5.74) is 7.26. The fourth-order valence-corrected chi connectivity index (χ4v) is 2.01. The summed E-state index contributed by atoms with van der Waals surface area (Å²) in [7, 11) is 0. The molecule has 88 valence electrons. The molecule has 0 heterocycles. The summed E-state index contributed by atoms with van der Waals surface area (Å²) in [4.78, 5) is 11.5. The molecule has 0 aliphatic heterocycles. The van der Waals surface area contributed by atoms with Crippen LogP contribution in [0.4, 0.5) is 0 Å². The predicted molar refractivity (Wildman–Crippen MR) is 72.5 cm³/mol. The first-order valence-electron chi connectivity index (χ1n) is 5.34. The Kier molecular flexibility index (Phi) is 5.76. The van der Waals surface area contributed by atoms with Gasteiger partial charge in [-0.15, -0.1) is 0 Å². The Morgan fingerprint density at radius 3 is 2.88 bits per heavy atom. The number of benzene rings is 1. The molecule has 4 heteroatoms. The maximum Gasteiger partial charge on any atom is 0.338 e. The van der Waals surface area contributed by atoms with Crippen molar-refractivity contribution in [2.24, 2.45) is 5.73 Å². The third kappa shape index (κ3) is 3.75. The molecule has 0 saturated carbocycles. The molecule has 3 nitrogen and oxygen atoms in total. The molecule has 0 radical (unpaired) electrons. The van der Waals surface area contributed by atoms with Crippen LogP contribution in [-0.2, 0) is 11.2 Å². The van der Waals surface area contributed by atoms with Crippen molar-refractivity contribution in [3.05, 3.63) is 32.9 Å². The van der Waals surface area contributed by atoms with Crippen LogP contribution in [-0.4, -0.2) is 19.1 Å². The Hall–Kier alpha value is -0.620. The Bertz CT molecular complexity index is 366. The van der Waals surface area contributed by atoms with Gasteiger partial charge in [0.15, 0.2) is 0 Å². The van der Waals surface area contributed by atoms with E-state index in [9.17, 15) is 4.79 Å². The molecule has 0 fully saturated rings. The lowest BCUT2D eigenvalue weighted by Gasteiger charge is -2.07. The van der Waals surface area contributed by atoms with Gasteiger partial charge in [0.2, 0.25) is 0 Å². The molecule has 0 aliphatic rings.